The van der Waals surface area contributed by atoms with Crippen LogP contribution in [-0.4, -0.2) is 0 Å². The average Bonchev–Trinajstić information content (AvgIpc) is 2.01. The Morgan fingerprint density at radius 2 is 1.93 bits per heavy atom. The first kappa shape index (κ1) is 11.5. The first-order chi connectivity index (χ1) is 6.34. The number of rotatable bonds is 1. The molecule has 0 fully saturated rings. The molecule has 14 heavy (non-hydrogen) atoms. The number of hydrogen-bond acceptors (Lipinski definition) is 1. The summed E-state index contributed by atoms with van der Waals surface area (Å²) in [5.74, 6) is -0.333. The number of benzene rings is 1. The summed E-state index contributed by atoms with van der Waals surface area (Å²) >= 11 is 5.91. The molecule has 0 amide bonds. The van der Waals surface area contributed by atoms with Crippen LogP contribution in [0.15, 0.2) is 18.2 Å². The summed E-state index contributed by atoms with van der Waals surface area (Å²) in [5, 5.41) is 0.396. The van der Waals surface area contributed by atoms with Gasteiger partial charge in [0.2, 0.25) is 0 Å². The van der Waals surface area contributed by atoms with Crippen molar-refractivity contribution in [1.82, 2.24) is 0 Å². The maximum Gasteiger partial charge on any atom is 0.129 e. The van der Waals surface area contributed by atoms with Crippen molar-refractivity contribution >= 4 is 11.6 Å². The highest BCUT2D eigenvalue weighted by atomic mass is 35.5. The van der Waals surface area contributed by atoms with Crippen LogP contribution >= 0.6 is 11.6 Å². The third-order valence-electron chi connectivity index (χ3n) is 2.24. The van der Waals surface area contributed by atoms with Crippen molar-refractivity contribution in [2.45, 2.75) is 26.8 Å². The summed E-state index contributed by atoms with van der Waals surface area (Å²) in [5.41, 5.74) is 6.15. The lowest BCUT2D eigenvalue weighted by Crippen LogP contribution is -2.27. The Hall–Kier alpha value is -0.600. The van der Waals surface area contributed by atoms with Crippen LogP contribution < -0.4 is 5.73 Å². The maximum absolute atomic E-state index is 13.5. The largest absolute Gasteiger partial charge is 0.323 e. The van der Waals surface area contributed by atoms with Crippen molar-refractivity contribution in [2.24, 2.45) is 11.1 Å². The van der Waals surface area contributed by atoms with Gasteiger partial charge >= 0.3 is 0 Å². The van der Waals surface area contributed by atoms with E-state index in [0.29, 0.717) is 10.6 Å². The first-order valence-electron chi connectivity index (χ1n) is 4.53. The van der Waals surface area contributed by atoms with Crippen molar-refractivity contribution < 1.29 is 4.39 Å². The van der Waals surface area contributed by atoms with Gasteiger partial charge in [0.05, 0.1) is 0 Å². The van der Waals surface area contributed by atoms with E-state index < -0.39 is 6.04 Å². The number of nitrogens with two attached hydrogens (primary N) is 1. The van der Waals surface area contributed by atoms with E-state index in [1.807, 2.05) is 20.8 Å². The molecule has 1 atom stereocenters. The first-order valence-corrected chi connectivity index (χ1v) is 4.91. The third-order valence-corrected chi connectivity index (χ3v) is 2.57. The molecule has 0 saturated heterocycles. The van der Waals surface area contributed by atoms with E-state index in [2.05, 4.69) is 0 Å². The van der Waals surface area contributed by atoms with Gasteiger partial charge in [-0.1, -0.05) is 38.4 Å². The summed E-state index contributed by atoms with van der Waals surface area (Å²) in [4.78, 5) is 0. The molecule has 3 heteroatoms. The van der Waals surface area contributed by atoms with Gasteiger partial charge in [-0.2, -0.15) is 0 Å². The minimum Gasteiger partial charge on any atom is -0.323 e. The Kier molecular flexibility index (Phi) is 3.17. The van der Waals surface area contributed by atoms with Gasteiger partial charge < -0.3 is 5.73 Å². The second-order valence-corrected chi connectivity index (χ2v) is 4.89. The van der Waals surface area contributed by atoms with Gasteiger partial charge in [-0.15, -0.1) is 0 Å². The molecule has 0 heterocycles. The molecule has 1 rings (SSSR count). The quantitative estimate of drug-likeness (QED) is 0.762. The van der Waals surface area contributed by atoms with E-state index in [9.17, 15) is 4.39 Å². The van der Waals surface area contributed by atoms with Crippen LogP contribution in [0.1, 0.15) is 32.4 Å². The highest BCUT2D eigenvalue weighted by Crippen LogP contribution is 2.35. The maximum atomic E-state index is 13.5. The fourth-order valence-corrected chi connectivity index (χ4v) is 1.52. The predicted molar refractivity (Wildman–Crippen MR) is 57.8 cm³/mol. The molecule has 0 aromatic heterocycles. The van der Waals surface area contributed by atoms with Crippen molar-refractivity contribution in [2.75, 3.05) is 0 Å². The van der Waals surface area contributed by atoms with Crippen molar-refractivity contribution in [1.29, 1.82) is 0 Å². The van der Waals surface area contributed by atoms with E-state index in [-0.39, 0.29) is 11.2 Å². The van der Waals surface area contributed by atoms with Crippen LogP contribution in [0.2, 0.25) is 5.02 Å². The van der Waals surface area contributed by atoms with Crippen molar-refractivity contribution in [3.63, 3.8) is 0 Å². The molecule has 0 saturated carbocycles. The highest BCUT2D eigenvalue weighted by Gasteiger charge is 2.26. The molecule has 1 unspecified atom stereocenters. The highest BCUT2D eigenvalue weighted by molar-refractivity contribution is 6.31. The Balaban J connectivity index is 3.19. The molecule has 0 aliphatic carbocycles. The summed E-state index contributed by atoms with van der Waals surface area (Å²) in [7, 11) is 0. The van der Waals surface area contributed by atoms with E-state index in [4.69, 9.17) is 17.3 Å². The summed E-state index contributed by atoms with van der Waals surface area (Å²) in [6.45, 7) is 5.88. The van der Waals surface area contributed by atoms with Gasteiger partial charge in [-0.25, -0.2) is 4.39 Å². The lowest BCUT2D eigenvalue weighted by molar-refractivity contribution is 0.319. The molecule has 1 nitrogen and oxygen atoms in total. The Bertz CT molecular complexity index is 310. The smallest absolute Gasteiger partial charge is 0.129 e. The lowest BCUT2D eigenvalue weighted by Gasteiger charge is -2.28. The van der Waals surface area contributed by atoms with Crippen molar-refractivity contribution in [3.8, 4) is 0 Å². The zero-order chi connectivity index (χ0) is 10.9. The normalized spacial score (nSPS) is 14.1. The second kappa shape index (κ2) is 3.87. The number of hydrogen-bond donors (Lipinski definition) is 1. The Morgan fingerprint density at radius 1 is 1.36 bits per heavy atom. The summed E-state index contributed by atoms with van der Waals surface area (Å²) in [6, 6.07) is 4.23. The van der Waals surface area contributed by atoms with Crippen LogP contribution in [0.5, 0.6) is 0 Å². The van der Waals surface area contributed by atoms with Gasteiger partial charge in [0.25, 0.3) is 0 Å². The van der Waals surface area contributed by atoms with Crippen LogP contribution in [0.25, 0.3) is 0 Å². The summed E-state index contributed by atoms with van der Waals surface area (Å²) in [6.07, 6.45) is 0. The van der Waals surface area contributed by atoms with Gasteiger partial charge in [0.1, 0.15) is 5.82 Å². The minimum absolute atomic E-state index is 0.203. The van der Waals surface area contributed by atoms with Crippen LogP contribution in [-0.2, 0) is 0 Å². The molecule has 0 aliphatic heterocycles. The molecule has 2 N–H and O–H groups in total. The minimum atomic E-state index is -0.392. The molecule has 0 aliphatic rings. The third kappa shape index (κ3) is 2.25. The zero-order valence-corrected chi connectivity index (χ0v) is 9.40. The van der Waals surface area contributed by atoms with Gasteiger partial charge in [-0.05, 0) is 17.5 Å². The standard InChI is InChI=1S/C11H15ClFN/c1-11(2,3)10(14)9-7(12)5-4-6-8(9)13/h4-6,10H,14H2,1-3H3. The Labute approximate surface area is 89.1 Å². The summed E-state index contributed by atoms with van der Waals surface area (Å²) < 4.78 is 13.5. The fraction of sp³-hybridized carbons (Fsp3) is 0.455. The van der Waals surface area contributed by atoms with Crippen LogP contribution in [0.3, 0.4) is 0 Å². The molecule has 0 bridgehead atoms. The van der Waals surface area contributed by atoms with Crippen LogP contribution in [0, 0.1) is 11.2 Å². The molecule has 78 valence electrons. The second-order valence-electron chi connectivity index (χ2n) is 4.48. The van der Waals surface area contributed by atoms with E-state index in [0.717, 1.165) is 0 Å². The Morgan fingerprint density at radius 3 is 2.36 bits per heavy atom. The lowest BCUT2D eigenvalue weighted by atomic mass is 9.83. The van der Waals surface area contributed by atoms with Gasteiger partial charge in [0, 0.05) is 16.6 Å². The molecule has 1 aromatic carbocycles. The van der Waals surface area contributed by atoms with Crippen molar-refractivity contribution in [3.05, 3.63) is 34.6 Å². The fourth-order valence-electron chi connectivity index (χ4n) is 1.24. The van der Waals surface area contributed by atoms with E-state index >= 15 is 0 Å². The molecule has 0 spiro atoms. The average molecular weight is 216 g/mol. The topological polar surface area (TPSA) is 26.0 Å². The molecular formula is C11H15ClFN. The SMILES string of the molecule is CC(C)(C)C(N)c1c(F)cccc1Cl. The van der Waals surface area contributed by atoms with E-state index in [1.165, 1.54) is 6.07 Å². The van der Waals surface area contributed by atoms with Gasteiger partial charge in [-0.3, -0.25) is 0 Å². The molecule has 1 aromatic rings. The zero-order valence-electron chi connectivity index (χ0n) is 8.64. The van der Waals surface area contributed by atoms with Crippen LogP contribution in [0.4, 0.5) is 4.39 Å². The van der Waals surface area contributed by atoms with Gasteiger partial charge in [0.15, 0.2) is 0 Å². The van der Waals surface area contributed by atoms with E-state index in [1.54, 1.807) is 12.1 Å². The molecule has 0 radical (unpaired) electrons. The predicted octanol–water partition coefficient (Wildman–Crippen LogP) is 3.53. The molecular weight excluding hydrogens is 201 g/mol. The number of halogens is 2. The monoisotopic (exact) mass is 215 g/mol.